The van der Waals surface area contributed by atoms with Crippen LogP contribution in [0.5, 0.6) is 5.75 Å². The first-order chi connectivity index (χ1) is 14.5. The van der Waals surface area contributed by atoms with Crippen molar-refractivity contribution in [2.24, 2.45) is 0 Å². The summed E-state index contributed by atoms with van der Waals surface area (Å²) >= 11 is 0. The van der Waals surface area contributed by atoms with E-state index in [1.165, 1.54) is 0 Å². The maximum absolute atomic E-state index is 12.6. The van der Waals surface area contributed by atoms with E-state index >= 15 is 0 Å². The Morgan fingerprint density at radius 3 is 2.43 bits per heavy atom. The van der Waals surface area contributed by atoms with Crippen LogP contribution < -0.4 is 10.1 Å². The number of ether oxygens (including phenoxy) is 1. The van der Waals surface area contributed by atoms with Crippen molar-refractivity contribution >= 4 is 11.6 Å². The number of amides is 1. The number of anilines is 1. The topological polar surface area (TPSA) is 65.4 Å². The number of nitriles is 1. The van der Waals surface area contributed by atoms with E-state index in [0.717, 1.165) is 22.6 Å². The van der Waals surface area contributed by atoms with Crippen LogP contribution in [0.4, 0.5) is 5.69 Å². The molecule has 0 bridgehead atoms. The van der Waals surface area contributed by atoms with Gasteiger partial charge in [0.05, 0.1) is 11.6 Å². The first-order valence-electron chi connectivity index (χ1n) is 9.82. The molecule has 0 heterocycles. The predicted molar refractivity (Wildman–Crippen MR) is 118 cm³/mol. The number of hydrogen-bond acceptors (Lipinski definition) is 4. The molecule has 3 aromatic carbocycles. The van der Waals surface area contributed by atoms with Crippen LogP contribution in [0.2, 0.25) is 0 Å². The fraction of sp³-hybridized carbons (Fsp3) is 0.200. The van der Waals surface area contributed by atoms with Gasteiger partial charge >= 0.3 is 0 Å². The van der Waals surface area contributed by atoms with Gasteiger partial charge in [0.2, 0.25) is 5.91 Å². The van der Waals surface area contributed by atoms with Crippen LogP contribution in [0.3, 0.4) is 0 Å². The van der Waals surface area contributed by atoms with Gasteiger partial charge in [0, 0.05) is 19.3 Å². The molecule has 0 aliphatic rings. The molecular formula is C25H25N3O2. The van der Waals surface area contributed by atoms with Gasteiger partial charge in [-0.05, 0) is 54.4 Å². The zero-order valence-electron chi connectivity index (χ0n) is 17.2. The van der Waals surface area contributed by atoms with Crippen molar-refractivity contribution in [1.29, 1.82) is 5.26 Å². The molecule has 1 unspecified atom stereocenters. The molecule has 152 valence electrons. The third kappa shape index (κ3) is 5.86. The zero-order chi connectivity index (χ0) is 21.3. The first kappa shape index (κ1) is 20.9. The smallest absolute Gasteiger partial charge is 0.244 e. The number of carbonyl (C=O) groups is 1. The predicted octanol–water partition coefficient (Wildman–Crippen LogP) is 4.60. The normalized spacial score (nSPS) is 11.2. The second-order valence-electron chi connectivity index (χ2n) is 7.17. The summed E-state index contributed by atoms with van der Waals surface area (Å²) in [6.07, 6.45) is 0. The molecule has 1 amide bonds. The minimum absolute atomic E-state index is 0.0246. The summed E-state index contributed by atoms with van der Waals surface area (Å²) in [5, 5.41) is 12.2. The zero-order valence-corrected chi connectivity index (χ0v) is 17.2. The van der Waals surface area contributed by atoms with Crippen LogP contribution in [0, 0.1) is 11.3 Å². The lowest BCUT2D eigenvalue weighted by atomic mass is 10.1. The molecule has 1 N–H and O–H groups in total. The Bertz CT molecular complexity index is 1010. The van der Waals surface area contributed by atoms with Crippen molar-refractivity contribution < 1.29 is 9.53 Å². The highest BCUT2D eigenvalue weighted by molar-refractivity contribution is 5.84. The molecular weight excluding hydrogens is 374 g/mol. The molecule has 0 aliphatic carbocycles. The lowest BCUT2D eigenvalue weighted by Crippen LogP contribution is -2.38. The molecule has 5 nitrogen and oxygen atoms in total. The van der Waals surface area contributed by atoms with E-state index in [-0.39, 0.29) is 11.9 Å². The van der Waals surface area contributed by atoms with E-state index in [2.05, 4.69) is 11.4 Å². The van der Waals surface area contributed by atoms with Gasteiger partial charge in [-0.2, -0.15) is 5.26 Å². The lowest BCUT2D eigenvalue weighted by molar-refractivity contribution is -0.130. The molecule has 3 rings (SSSR count). The Hall–Kier alpha value is -3.78. The monoisotopic (exact) mass is 399 g/mol. The number of benzene rings is 3. The molecule has 5 heteroatoms. The Morgan fingerprint density at radius 1 is 1.03 bits per heavy atom. The maximum Gasteiger partial charge on any atom is 0.244 e. The Labute approximate surface area is 177 Å². The van der Waals surface area contributed by atoms with Crippen molar-refractivity contribution in [3.8, 4) is 11.8 Å². The molecule has 0 radical (unpaired) electrons. The Kier molecular flexibility index (Phi) is 7.07. The van der Waals surface area contributed by atoms with Crippen molar-refractivity contribution in [1.82, 2.24) is 4.90 Å². The summed E-state index contributed by atoms with van der Waals surface area (Å²) in [7, 11) is 1.81. The number of hydrogen-bond donors (Lipinski definition) is 1. The first-order valence-corrected chi connectivity index (χ1v) is 9.82. The second kappa shape index (κ2) is 10.1. The summed E-state index contributed by atoms with van der Waals surface area (Å²) in [4.78, 5) is 14.4. The summed E-state index contributed by atoms with van der Waals surface area (Å²) in [5.41, 5.74) is 3.51. The average molecular weight is 399 g/mol. The molecule has 3 aromatic rings. The van der Waals surface area contributed by atoms with E-state index in [9.17, 15) is 4.79 Å². The van der Waals surface area contributed by atoms with Crippen LogP contribution >= 0.6 is 0 Å². The number of likely N-dealkylation sites (N-methyl/N-ethyl adjacent to an activating group) is 1. The quantitative estimate of drug-likeness (QED) is 0.601. The highest BCUT2D eigenvalue weighted by atomic mass is 16.5. The molecule has 0 fully saturated rings. The average Bonchev–Trinajstić information content (AvgIpc) is 2.78. The largest absolute Gasteiger partial charge is 0.489 e. The van der Waals surface area contributed by atoms with Gasteiger partial charge in [-0.15, -0.1) is 0 Å². The summed E-state index contributed by atoms with van der Waals surface area (Å²) in [6, 6.07) is 26.6. The van der Waals surface area contributed by atoms with Gasteiger partial charge in [-0.1, -0.05) is 42.5 Å². The summed E-state index contributed by atoms with van der Waals surface area (Å²) < 4.78 is 5.79. The van der Waals surface area contributed by atoms with Crippen LogP contribution in [0.1, 0.15) is 23.6 Å². The van der Waals surface area contributed by atoms with Crippen LogP contribution in [-0.4, -0.2) is 23.9 Å². The molecule has 0 aromatic heterocycles. The van der Waals surface area contributed by atoms with Crippen LogP contribution in [-0.2, 0) is 17.9 Å². The minimum Gasteiger partial charge on any atom is -0.489 e. The van der Waals surface area contributed by atoms with Crippen molar-refractivity contribution in [2.75, 3.05) is 12.4 Å². The third-order valence-electron chi connectivity index (χ3n) is 4.71. The van der Waals surface area contributed by atoms with Crippen molar-refractivity contribution in [3.63, 3.8) is 0 Å². The SMILES string of the molecule is CC(Nc1ccc(OCc2cccc(C#N)c2)cc1)C(=O)N(C)Cc1ccccc1. The molecule has 0 spiro atoms. The van der Waals surface area contributed by atoms with E-state index in [1.807, 2.05) is 86.8 Å². The van der Waals surface area contributed by atoms with Crippen molar-refractivity contribution in [3.05, 3.63) is 95.6 Å². The Morgan fingerprint density at radius 2 is 1.73 bits per heavy atom. The van der Waals surface area contributed by atoms with Gasteiger partial charge < -0.3 is 15.0 Å². The standard InChI is InChI=1S/C25H25N3O2/c1-19(25(29)28(2)17-20-7-4-3-5-8-20)27-23-11-13-24(14-12-23)30-18-22-10-6-9-21(15-22)16-26/h3-15,19,27H,17-18H2,1-2H3. The molecule has 0 saturated carbocycles. The van der Waals surface area contributed by atoms with Gasteiger partial charge in [0.15, 0.2) is 0 Å². The molecule has 0 saturated heterocycles. The van der Waals surface area contributed by atoms with E-state index in [4.69, 9.17) is 10.00 Å². The van der Waals surface area contributed by atoms with Crippen LogP contribution in [0.25, 0.3) is 0 Å². The lowest BCUT2D eigenvalue weighted by Gasteiger charge is -2.23. The number of carbonyl (C=O) groups excluding carboxylic acids is 1. The summed E-state index contributed by atoms with van der Waals surface area (Å²) in [6.45, 7) is 2.82. The fourth-order valence-corrected chi connectivity index (χ4v) is 3.12. The Balaban J connectivity index is 1.51. The second-order valence-corrected chi connectivity index (χ2v) is 7.17. The van der Waals surface area contributed by atoms with Crippen LogP contribution in [0.15, 0.2) is 78.9 Å². The molecule has 1 atom stereocenters. The van der Waals surface area contributed by atoms with Gasteiger partial charge in [0.1, 0.15) is 18.4 Å². The minimum atomic E-state index is -0.348. The van der Waals surface area contributed by atoms with E-state index < -0.39 is 0 Å². The van der Waals surface area contributed by atoms with Crippen molar-refractivity contribution in [2.45, 2.75) is 26.1 Å². The van der Waals surface area contributed by atoms with E-state index in [1.54, 1.807) is 11.0 Å². The number of nitrogens with one attached hydrogen (secondary N) is 1. The number of rotatable bonds is 8. The molecule has 30 heavy (non-hydrogen) atoms. The number of nitrogens with zero attached hydrogens (tertiary/aromatic N) is 2. The fourth-order valence-electron chi connectivity index (χ4n) is 3.12. The van der Waals surface area contributed by atoms with Gasteiger partial charge in [-0.25, -0.2) is 0 Å². The summed E-state index contributed by atoms with van der Waals surface area (Å²) in [5.74, 6) is 0.750. The highest BCUT2D eigenvalue weighted by Crippen LogP contribution is 2.18. The highest BCUT2D eigenvalue weighted by Gasteiger charge is 2.17. The van der Waals surface area contributed by atoms with Gasteiger partial charge in [-0.3, -0.25) is 4.79 Å². The molecule has 0 aliphatic heterocycles. The maximum atomic E-state index is 12.6. The third-order valence-corrected chi connectivity index (χ3v) is 4.71. The van der Waals surface area contributed by atoms with E-state index in [0.29, 0.717) is 18.7 Å². The van der Waals surface area contributed by atoms with Gasteiger partial charge in [0.25, 0.3) is 0 Å².